The highest BCUT2D eigenvalue weighted by Crippen LogP contribution is 2.31. The van der Waals surface area contributed by atoms with Gasteiger partial charge in [-0.25, -0.2) is 4.79 Å². The predicted molar refractivity (Wildman–Crippen MR) is 67.3 cm³/mol. The van der Waals surface area contributed by atoms with Crippen molar-refractivity contribution < 1.29 is 14.7 Å². The van der Waals surface area contributed by atoms with E-state index in [1.807, 2.05) is 4.90 Å². The number of likely N-dealkylation sites (tertiary alicyclic amines) is 1. The van der Waals surface area contributed by atoms with Gasteiger partial charge in [-0.3, -0.25) is 4.79 Å². The predicted octanol–water partition coefficient (Wildman–Crippen LogP) is 1.63. The molecule has 1 aliphatic carbocycles. The van der Waals surface area contributed by atoms with Crippen LogP contribution in [0, 0.1) is 11.8 Å². The van der Waals surface area contributed by atoms with Gasteiger partial charge in [0.25, 0.3) is 0 Å². The average molecular weight is 254 g/mol. The lowest BCUT2D eigenvalue weighted by atomic mass is 9.87. The van der Waals surface area contributed by atoms with E-state index in [-0.39, 0.29) is 17.9 Å². The van der Waals surface area contributed by atoms with E-state index in [1.165, 1.54) is 0 Å². The first-order valence-corrected chi connectivity index (χ1v) is 6.83. The van der Waals surface area contributed by atoms with E-state index in [9.17, 15) is 9.59 Å². The van der Waals surface area contributed by atoms with Crippen LogP contribution in [0.4, 0.5) is 4.79 Å². The van der Waals surface area contributed by atoms with Crippen LogP contribution < -0.4 is 0 Å². The highest BCUT2D eigenvalue weighted by Gasteiger charge is 2.41. The summed E-state index contributed by atoms with van der Waals surface area (Å²) < 4.78 is 0. The number of carboxylic acid groups (broad SMARTS) is 1. The molecule has 1 N–H and O–H groups in total. The zero-order chi connectivity index (χ0) is 13.3. The lowest BCUT2D eigenvalue weighted by molar-refractivity contribution is -0.144. The van der Waals surface area contributed by atoms with E-state index in [0.29, 0.717) is 19.1 Å². The summed E-state index contributed by atoms with van der Waals surface area (Å²) in [4.78, 5) is 26.8. The minimum absolute atomic E-state index is 0.105. The van der Waals surface area contributed by atoms with Crippen molar-refractivity contribution in [2.24, 2.45) is 11.8 Å². The van der Waals surface area contributed by atoms with E-state index in [1.54, 1.807) is 11.8 Å². The van der Waals surface area contributed by atoms with Crippen LogP contribution in [0.3, 0.4) is 0 Å². The molecule has 1 aliphatic heterocycles. The van der Waals surface area contributed by atoms with Crippen LogP contribution in [0.25, 0.3) is 0 Å². The van der Waals surface area contributed by atoms with E-state index < -0.39 is 5.97 Å². The Morgan fingerprint density at radius 2 is 2.00 bits per heavy atom. The number of nitrogens with zero attached hydrogens (tertiary/aromatic N) is 2. The maximum absolute atomic E-state index is 12.2. The molecule has 1 atom stereocenters. The topological polar surface area (TPSA) is 60.9 Å². The van der Waals surface area contributed by atoms with Crippen LogP contribution in [-0.2, 0) is 4.79 Å². The van der Waals surface area contributed by atoms with Crippen LogP contribution in [0.5, 0.6) is 0 Å². The first-order valence-electron chi connectivity index (χ1n) is 6.83. The number of hydrogen-bond acceptors (Lipinski definition) is 2. The van der Waals surface area contributed by atoms with Crippen molar-refractivity contribution in [1.82, 2.24) is 9.80 Å². The Morgan fingerprint density at radius 3 is 2.44 bits per heavy atom. The third-order valence-electron chi connectivity index (χ3n) is 3.97. The number of aliphatic carboxylic acids is 1. The van der Waals surface area contributed by atoms with Crippen molar-refractivity contribution in [3.8, 4) is 0 Å². The fraction of sp³-hybridized carbons (Fsp3) is 0.846. The third-order valence-corrected chi connectivity index (χ3v) is 3.97. The molecular formula is C13H22N2O3. The van der Waals surface area contributed by atoms with E-state index in [0.717, 1.165) is 25.8 Å². The second-order valence-corrected chi connectivity index (χ2v) is 5.50. The van der Waals surface area contributed by atoms with Gasteiger partial charge < -0.3 is 14.9 Å². The van der Waals surface area contributed by atoms with E-state index in [4.69, 9.17) is 5.11 Å². The summed E-state index contributed by atoms with van der Waals surface area (Å²) in [6, 6.07) is 0.543. The Hall–Kier alpha value is -1.26. The first-order chi connectivity index (χ1) is 8.54. The summed E-state index contributed by atoms with van der Waals surface area (Å²) in [5.41, 5.74) is 0. The van der Waals surface area contributed by atoms with Gasteiger partial charge in [0.05, 0.1) is 5.92 Å². The molecule has 2 fully saturated rings. The van der Waals surface area contributed by atoms with Crippen molar-refractivity contribution in [1.29, 1.82) is 0 Å². The van der Waals surface area contributed by atoms with Crippen molar-refractivity contribution in [3.63, 3.8) is 0 Å². The Balaban J connectivity index is 1.83. The average Bonchev–Trinajstić information content (AvgIpc) is 3.07. The molecule has 0 aromatic heterocycles. The summed E-state index contributed by atoms with van der Waals surface area (Å²) in [5.74, 6) is -0.997. The maximum Gasteiger partial charge on any atom is 0.320 e. The van der Waals surface area contributed by atoms with Crippen LogP contribution >= 0.6 is 0 Å². The van der Waals surface area contributed by atoms with E-state index in [2.05, 4.69) is 6.92 Å². The minimum atomic E-state index is -0.764. The number of urea groups is 1. The Morgan fingerprint density at radius 1 is 1.39 bits per heavy atom. The van der Waals surface area contributed by atoms with Crippen LogP contribution in [0.1, 0.15) is 33.1 Å². The highest BCUT2D eigenvalue weighted by atomic mass is 16.4. The molecule has 1 saturated heterocycles. The molecule has 1 saturated carbocycles. The van der Waals surface area contributed by atoms with E-state index >= 15 is 0 Å². The molecule has 0 radical (unpaired) electrons. The molecule has 1 heterocycles. The molecule has 0 aromatic rings. The number of amides is 2. The fourth-order valence-electron chi connectivity index (χ4n) is 2.43. The zero-order valence-electron chi connectivity index (χ0n) is 11.1. The number of rotatable bonds is 5. The Bertz CT molecular complexity index is 335. The molecule has 5 nitrogen and oxygen atoms in total. The molecule has 0 spiro atoms. The highest BCUT2D eigenvalue weighted by molar-refractivity contribution is 5.77. The zero-order valence-corrected chi connectivity index (χ0v) is 11.1. The first kappa shape index (κ1) is 13.2. The lowest BCUT2D eigenvalue weighted by Gasteiger charge is -2.43. The summed E-state index contributed by atoms with van der Waals surface area (Å²) >= 11 is 0. The van der Waals surface area contributed by atoms with Gasteiger partial charge in [-0.05, 0) is 19.3 Å². The standard InChI is InChI=1S/C13H22N2O3/c1-3-6-15(11-4-5-11)13(18)14-7-10(8-14)9(2)12(16)17/h9-11H,3-8H2,1-2H3,(H,16,17). The number of carbonyl (C=O) groups is 2. The second-order valence-electron chi connectivity index (χ2n) is 5.50. The molecule has 2 rings (SSSR count). The Kier molecular flexibility index (Phi) is 3.78. The maximum atomic E-state index is 12.2. The fourth-order valence-corrected chi connectivity index (χ4v) is 2.43. The van der Waals surface area contributed by atoms with Crippen molar-refractivity contribution in [2.45, 2.75) is 39.2 Å². The van der Waals surface area contributed by atoms with Gasteiger partial charge in [0, 0.05) is 31.6 Å². The molecule has 1 unspecified atom stereocenters. The molecule has 0 bridgehead atoms. The summed E-state index contributed by atoms with van der Waals surface area (Å²) in [7, 11) is 0. The van der Waals surface area contributed by atoms with Gasteiger partial charge in [0.15, 0.2) is 0 Å². The van der Waals surface area contributed by atoms with Crippen molar-refractivity contribution in [3.05, 3.63) is 0 Å². The second kappa shape index (κ2) is 5.16. The van der Waals surface area contributed by atoms with Crippen LogP contribution in [0.2, 0.25) is 0 Å². The number of carboxylic acids is 1. The Labute approximate surface area is 108 Å². The van der Waals surface area contributed by atoms with Gasteiger partial charge in [-0.15, -0.1) is 0 Å². The van der Waals surface area contributed by atoms with Crippen molar-refractivity contribution >= 4 is 12.0 Å². The summed E-state index contributed by atoms with van der Waals surface area (Å²) in [5, 5.41) is 8.92. The molecule has 2 aliphatic rings. The summed E-state index contributed by atoms with van der Waals surface area (Å²) in [6.45, 7) is 5.81. The smallest absolute Gasteiger partial charge is 0.320 e. The number of carbonyl (C=O) groups excluding carboxylic acids is 1. The third kappa shape index (κ3) is 2.60. The molecule has 0 aromatic carbocycles. The van der Waals surface area contributed by atoms with Gasteiger partial charge in [0.2, 0.25) is 0 Å². The quantitative estimate of drug-likeness (QED) is 0.811. The van der Waals surface area contributed by atoms with Gasteiger partial charge in [-0.2, -0.15) is 0 Å². The monoisotopic (exact) mass is 254 g/mol. The molecule has 5 heteroatoms. The van der Waals surface area contributed by atoms with Crippen LogP contribution in [0.15, 0.2) is 0 Å². The lowest BCUT2D eigenvalue weighted by Crippen LogP contribution is -2.57. The summed E-state index contributed by atoms with van der Waals surface area (Å²) in [6.07, 6.45) is 3.22. The molecule has 102 valence electrons. The normalized spacial score (nSPS) is 21.3. The molecule has 18 heavy (non-hydrogen) atoms. The minimum Gasteiger partial charge on any atom is -0.481 e. The SMILES string of the molecule is CCCN(C(=O)N1CC(C(C)C(=O)O)C1)C1CC1. The van der Waals surface area contributed by atoms with Gasteiger partial charge in [-0.1, -0.05) is 13.8 Å². The van der Waals surface area contributed by atoms with Crippen LogP contribution in [-0.4, -0.2) is 52.6 Å². The largest absolute Gasteiger partial charge is 0.481 e. The van der Waals surface area contributed by atoms with Crippen molar-refractivity contribution in [2.75, 3.05) is 19.6 Å². The molecular weight excluding hydrogens is 232 g/mol. The number of hydrogen-bond donors (Lipinski definition) is 1. The molecule has 2 amide bonds. The van der Waals surface area contributed by atoms with Gasteiger partial charge in [0.1, 0.15) is 0 Å². The van der Waals surface area contributed by atoms with Gasteiger partial charge >= 0.3 is 12.0 Å².